The number of carbonyl (C=O) groups excluding carboxylic acids is 3. The molecule has 1 atom stereocenters. The zero-order valence-corrected chi connectivity index (χ0v) is 20.4. The van der Waals surface area contributed by atoms with Crippen LogP contribution in [0.2, 0.25) is 0 Å². The molecule has 184 valence electrons. The van der Waals surface area contributed by atoms with Crippen LogP contribution in [0.3, 0.4) is 0 Å². The molecule has 1 fully saturated rings. The van der Waals surface area contributed by atoms with E-state index in [0.717, 1.165) is 25.7 Å². The van der Waals surface area contributed by atoms with E-state index in [-0.39, 0.29) is 30.9 Å². The lowest BCUT2D eigenvalue weighted by Crippen LogP contribution is -2.48. The lowest BCUT2D eigenvalue weighted by Gasteiger charge is -2.32. The normalized spacial score (nSPS) is 14.3. The van der Waals surface area contributed by atoms with Crippen molar-refractivity contribution in [2.45, 2.75) is 44.3 Å². The predicted molar refractivity (Wildman–Crippen MR) is 132 cm³/mol. The summed E-state index contributed by atoms with van der Waals surface area (Å²) in [5.41, 5.74) is 0.644. The predicted octanol–water partition coefficient (Wildman–Crippen LogP) is 3.91. The monoisotopic (exact) mass is 495 g/mol. The molecule has 2 N–H and O–H groups in total. The highest BCUT2D eigenvalue weighted by molar-refractivity contribution is 7.12. The second kappa shape index (κ2) is 11.7. The molecule has 0 saturated heterocycles. The summed E-state index contributed by atoms with van der Waals surface area (Å²) < 4.78 is 10.8. The lowest BCUT2D eigenvalue weighted by atomic mass is 10.0. The number of methoxy groups -OCH3 is 1. The molecule has 1 aliphatic rings. The number of rotatable bonds is 10. The van der Waals surface area contributed by atoms with E-state index in [1.807, 2.05) is 0 Å². The van der Waals surface area contributed by atoms with Gasteiger partial charge in [-0.3, -0.25) is 14.4 Å². The van der Waals surface area contributed by atoms with Crippen molar-refractivity contribution in [3.63, 3.8) is 0 Å². The number of hydrogen-bond donors (Lipinski definition) is 2. The highest BCUT2D eigenvalue weighted by Gasteiger charge is 2.34. The van der Waals surface area contributed by atoms with E-state index < -0.39 is 11.9 Å². The van der Waals surface area contributed by atoms with Crippen LogP contribution in [0.5, 0.6) is 5.75 Å². The van der Waals surface area contributed by atoms with Crippen LogP contribution in [0, 0.1) is 0 Å². The SMILES string of the molecule is COc1ccc([C@H](C(=O)NC2CCCC2)N(Cc2ccco2)C(=O)CNC(=O)c2cccs2)cc1. The van der Waals surface area contributed by atoms with Crippen LogP contribution in [-0.2, 0) is 16.1 Å². The molecule has 2 aromatic heterocycles. The van der Waals surface area contributed by atoms with Gasteiger partial charge in [0, 0.05) is 6.04 Å². The van der Waals surface area contributed by atoms with Crippen LogP contribution in [0.15, 0.2) is 64.6 Å². The van der Waals surface area contributed by atoms with Crippen molar-refractivity contribution in [1.29, 1.82) is 0 Å². The zero-order valence-electron chi connectivity index (χ0n) is 19.6. The van der Waals surface area contributed by atoms with E-state index in [1.165, 1.54) is 22.5 Å². The molecule has 9 heteroatoms. The van der Waals surface area contributed by atoms with Gasteiger partial charge in [0.25, 0.3) is 5.91 Å². The number of nitrogens with zero attached hydrogens (tertiary/aromatic N) is 1. The fraction of sp³-hybridized carbons (Fsp3) is 0.346. The van der Waals surface area contributed by atoms with Crippen LogP contribution in [0.4, 0.5) is 0 Å². The number of thiophene rings is 1. The van der Waals surface area contributed by atoms with Gasteiger partial charge in [-0.25, -0.2) is 0 Å². The lowest BCUT2D eigenvalue weighted by molar-refractivity contribution is -0.141. The molecule has 35 heavy (non-hydrogen) atoms. The molecular formula is C26H29N3O5S. The van der Waals surface area contributed by atoms with Crippen LogP contribution in [0.1, 0.15) is 52.7 Å². The van der Waals surface area contributed by atoms with E-state index in [0.29, 0.717) is 22.0 Å². The van der Waals surface area contributed by atoms with Crippen LogP contribution >= 0.6 is 11.3 Å². The first-order chi connectivity index (χ1) is 17.0. The van der Waals surface area contributed by atoms with Gasteiger partial charge in [-0.05, 0) is 54.1 Å². The van der Waals surface area contributed by atoms with Crippen molar-refractivity contribution in [1.82, 2.24) is 15.5 Å². The first-order valence-corrected chi connectivity index (χ1v) is 12.5. The summed E-state index contributed by atoms with van der Waals surface area (Å²) in [5, 5.41) is 7.61. The average Bonchev–Trinajstić information content (AvgIpc) is 3.66. The maximum absolute atomic E-state index is 13.6. The third-order valence-electron chi connectivity index (χ3n) is 6.06. The highest BCUT2D eigenvalue weighted by Crippen LogP contribution is 2.27. The summed E-state index contributed by atoms with van der Waals surface area (Å²) in [6.45, 7) is -0.170. The fourth-order valence-electron chi connectivity index (χ4n) is 4.26. The summed E-state index contributed by atoms with van der Waals surface area (Å²) in [7, 11) is 1.57. The van der Waals surface area contributed by atoms with Crippen molar-refractivity contribution in [3.8, 4) is 5.75 Å². The van der Waals surface area contributed by atoms with Gasteiger partial charge in [0.2, 0.25) is 11.8 Å². The van der Waals surface area contributed by atoms with E-state index >= 15 is 0 Å². The topological polar surface area (TPSA) is 101 Å². The minimum absolute atomic E-state index is 0.0789. The van der Waals surface area contributed by atoms with E-state index in [2.05, 4.69) is 10.6 Å². The van der Waals surface area contributed by atoms with Crippen LogP contribution in [0.25, 0.3) is 0 Å². The molecule has 0 spiro atoms. The third kappa shape index (κ3) is 6.30. The molecule has 3 aromatic rings. The number of amides is 3. The molecule has 1 aromatic carbocycles. The minimum Gasteiger partial charge on any atom is -0.497 e. The summed E-state index contributed by atoms with van der Waals surface area (Å²) in [4.78, 5) is 41.5. The average molecular weight is 496 g/mol. The van der Waals surface area contributed by atoms with E-state index in [9.17, 15) is 14.4 Å². The van der Waals surface area contributed by atoms with Crippen molar-refractivity contribution >= 4 is 29.1 Å². The maximum Gasteiger partial charge on any atom is 0.261 e. The second-order valence-corrected chi connectivity index (χ2v) is 9.37. The van der Waals surface area contributed by atoms with E-state index in [1.54, 1.807) is 61.0 Å². The molecule has 4 rings (SSSR count). The molecule has 8 nitrogen and oxygen atoms in total. The number of carbonyl (C=O) groups is 3. The molecule has 2 heterocycles. The third-order valence-corrected chi connectivity index (χ3v) is 6.93. The quantitative estimate of drug-likeness (QED) is 0.444. The number of nitrogens with one attached hydrogen (secondary N) is 2. The van der Waals surface area contributed by atoms with Gasteiger partial charge in [0.1, 0.15) is 17.6 Å². The molecule has 0 bridgehead atoms. The largest absolute Gasteiger partial charge is 0.497 e. The van der Waals surface area contributed by atoms with Gasteiger partial charge < -0.3 is 24.7 Å². The van der Waals surface area contributed by atoms with E-state index in [4.69, 9.17) is 9.15 Å². The summed E-state index contributed by atoms with van der Waals surface area (Å²) in [6.07, 6.45) is 5.51. The first kappa shape index (κ1) is 24.5. The highest BCUT2D eigenvalue weighted by atomic mass is 32.1. The first-order valence-electron chi connectivity index (χ1n) is 11.6. The van der Waals surface area contributed by atoms with Gasteiger partial charge in [-0.2, -0.15) is 0 Å². The van der Waals surface area contributed by atoms with Gasteiger partial charge in [-0.1, -0.05) is 31.0 Å². The standard InChI is InChI=1S/C26H29N3O5S/c1-33-20-12-10-18(11-13-20)24(26(32)28-19-6-2-3-7-19)29(17-21-8-4-14-34-21)23(30)16-27-25(31)22-9-5-15-35-22/h4-5,8-15,19,24H,2-3,6-7,16-17H2,1H3,(H,27,31)(H,28,32)/t24-/m1/s1. The number of ether oxygens (including phenoxy) is 1. The zero-order chi connectivity index (χ0) is 24.6. The smallest absolute Gasteiger partial charge is 0.261 e. The Bertz CT molecular complexity index is 1110. The molecule has 3 amide bonds. The number of benzene rings is 1. The van der Waals surface area contributed by atoms with Gasteiger partial charge >= 0.3 is 0 Å². The van der Waals surface area contributed by atoms with Crippen LogP contribution < -0.4 is 15.4 Å². The van der Waals surface area contributed by atoms with Gasteiger partial charge in [0.15, 0.2) is 0 Å². The molecule has 0 unspecified atom stereocenters. The Hall–Kier alpha value is -3.59. The Morgan fingerprint density at radius 3 is 2.51 bits per heavy atom. The minimum atomic E-state index is -0.905. The Morgan fingerprint density at radius 1 is 1.11 bits per heavy atom. The van der Waals surface area contributed by atoms with Crippen LogP contribution in [-0.4, -0.2) is 42.3 Å². The second-order valence-electron chi connectivity index (χ2n) is 8.43. The van der Waals surface area contributed by atoms with Crippen molar-refractivity contribution in [3.05, 3.63) is 76.4 Å². The summed E-state index contributed by atoms with van der Waals surface area (Å²) >= 11 is 1.30. The van der Waals surface area contributed by atoms with Gasteiger partial charge in [-0.15, -0.1) is 11.3 Å². The molecule has 0 aliphatic heterocycles. The summed E-state index contributed by atoms with van der Waals surface area (Å²) in [5.74, 6) is 0.203. The Morgan fingerprint density at radius 2 is 1.89 bits per heavy atom. The summed E-state index contributed by atoms with van der Waals surface area (Å²) in [6, 6.07) is 13.2. The number of hydrogen-bond acceptors (Lipinski definition) is 6. The van der Waals surface area contributed by atoms with Gasteiger partial charge in [0.05, 0.1) is 31.3 Å². The van der Waals surface area contributed by atoms with Crippen molar-refractivity contribution in [2.75, 3.05) is 13.7 Å². The fourth-order valence-corrected chi connectivity index (χ4v) is 4.90. The van der Waals surface area contributed by atoms with Crippen molar-refractivity contribution in [2.24, 2.45) is 0 Å². The Labute approximate surface area is 208 Å². The molecule has 1 saturated carbocycles. The molecule has 0 radical (unpaired) electrons. The Kier molecular flexibility index (Phi) is 8.20. The maximum atomic E-state index is 13.6. The van der Waals surface area contributed by atoms with Crippen molar-refractivity contribution < 1.29 is 23.5 Å². The number of furan rings is 1. The molecular weight excluding hydrogens is 466 g/mol. The molecule has 1 aliphatic carbocycles. The Balaban J connectivity index is 1.61.